The van der Waals surface area contributed by atoms with Crippen LogP contribution in [-0.4, -0.2) is 49.1 Å². The Bertz CT molecular complexity index is 444. The zero-order valence-electron chi connectivity index (χ0n) is 12.3. The number of ether oxygens (including phenoxy) is 1. The molecule has 5 nitrogen and oxygen atoms in total. The highest BCUT2D eigenvalue weighted by molar-refractivity contribution is 5.92. The van der Waals surface area contributed by atoms with E-state index in [-0.39, 0.29) is 5.91 Å². The van der Waals surface area contributed by atoms with Crippen molar-refractivity contribution in [1.82, 2.24) is 9.88 Å². The van der Waals surface area contributed by atoms with Gasteiger partial charge in [0.1, 0.15) is 11.5 Å². The first-order valence-corrected chi connectivity index (χ1v) is 7.25. The summed E-state index contributed by atoms with van der Waals surface area (Å²) >= 11 is 0. The molecule has 0 radical (unpaired) electrons. The van der Waals surface area contributed by atoms with Gasteiger partial charge in [-0.2, -0.15) is 0 Å². The molecule has 110 valence electrons. The quantitative estimate of drug-likeness (QED) is 0.894. The van der Waals surface area contributed by atoms with Crippen LogP contribution >= 0.6 is 0 Å². The zero-order chi connectivity index (χ0) is 14.4. The van der Waals surface area contributed by atoms with Crippen LogP contribution < -0.4 is 5.32 Å². The largest absolute Gasteiger partial charge is 0.381 e. The lowest BCUT2D eigenvalue weighted by Crippen LogP contribution is -2.34. The first kappa shape index (κ1) is 14.8. The third-order valence-corrected chi connectivity index (χ3v) is 3.55. The summed E-state index contributed by atoms with van der Waals surface area (Å²) in [5, 5.41) is 3.12. The molecule has 1 amide bonds. The highest BCUT2D eigenvalue weighted by atomic mass is 16.5. The second kappa shape index (κ2) is 7.24. The van der Waals surface area contributed by atoms with Crippen molar-refractivity contribution in [2.24, 2.45) is 5.92 Å². The molecule has 0 spiro atoms. The van der Waals surface area contributed by atoms with Crippen molar-refractivity contribution in [3.8, 4) is 0 Å². The minimum absolute atomic E-state index is 0.0174. The zero-order valence-corrected chi connectivity index (χ0v) is 12.3. The van der Waals surface area contributed by atoms with Crippen molar-refractivity contribution >= 4 is 11.7 Å². The van der Waals surface area contributed by atoms with Gasteiger partial charge in [-0.25, -0.2) is 4.98 Å². The van der Waals surface area contributed by atoms with Crippen LogP contribution in [0.15, 0.2) is 18.2 Å². The molecule has 0 unspecified atom stereocenters. The normalized spacial score (nSPS) is 15.9. The van der Waals surface area contributed by atoms with Crippen molar-refractivity contribution in [3.63, 3.8) is 0 Å². The summed E-state index contributed by atoms with van der Waals surface area (Å²) in [5.74, 6) is 1.27. The Morgan fingerprint density at radius 1 is 1.45 bits per heavy atom. The van der Waals surface area contributed by atoms with E-state index in [0.717, 1.165) is 45.0 Å². The van der Waals surface area contributed by atoms with Gasteiger partial charge >= 0.3 is 0 Å². The average Bonchev–Trinajstić information content (AvgIpc) is 2.48. The first-order valence-electron chi connectivity index (χ1n) is 7.25. The molecule has 0 aliphatic carbocycles. The number of rotatable bonds is 5. The number of amides is 1. The number of anilines is 1. The van der Waals surface area contributed by atoms with E-state index in [2.05, 4.69) is 10.3 Å². The maximum atomic E-state index is 12.4. The highest BCUT2D eigenvalue weighted by Gasteiger charge is 2.20. The van der Waals surface area contributed by atoms with Gasteiger partial charge in [0.15, 0.2) is 0 Å². The molecule has 1 saturated heterocycles. The van der Waals surface area contributed by atoms with Crippen LogP contribution in [0.5, 0.6) is 0 Å². The molecule has 1 aromatic rings. The van der Waals surface area contributed by atoms with Crippen LogP contribution in [0.1, 0.15) is 30.3 Å². The van der Waals surface area contributed by atoms with Crippen LogP contribution in [-0.2, 0) is 4.74 Å². The van der Waals surface area contributed by atoms with Crippen LogP contribution in [0.25, 0.3) is 0 Å². The lowest BCUT2D eigenvalue weighted by Gasteiger charge is -2.27. The van der Waals surface area contributed by atoms with Gasteiger partial charge in [-0.3, -0.25) is 4.79 Å². The molecule has 2 heterocycles. The first-order chi connectivity index (χ1) is 9.70. The van der Waals surface area contributed by atoms with Gasteiger partial charge in [0.05, 0.1) is 0 Å². The second-order valence-electron chi connectivity index (χ2n) is 5.18. The van der Waals surface area contributed by atoms with Crippen LogP contribution in [0.4, 0.5) is 5.82 Å². The van der Waals surface area contributed by atoms with Gasteiger partial charge in [0.25, 0.3) is 5.91 Å². The molecule has 1 aliphatic heterocycles. The molecule has 0 bridgehead atoms. The van der Waals surface area contributed by atoms with Gasteiger partial charge in [-0.05, 0) is 37.8 Å². The summed E-state index contributed by atoms with van der Waals surface area (Å²) in [6.07, 6.45) is 2.06. The van der Waals surface area contributed by atoms with Crippen molar-refractivity contribution in [1.29, 1.82) is 0 Å². The Kier molecular flexibility index (Phi) is 5.35. The molecule has 1 aromatic heterocycles. The topological polar surface area (TPSA) is 54.5 Å². The summed E-state index contributed by atoms with van der Waals surface area (Å²) in [6.45, 7) is 5.19. The minimum atomic E-state index is -0.0174. The molecule has 1 N–H and O–H groups in total. The molecule has 5 heteroatoms. The third kappa shape index (κ3) is 3.93. The van der Waals surface area contributed by atoms with E-state index >= 15 is 0 Å². The highest BCUT2D eigenvalue weighted by Crippen LogP contribution is 2.16. The molecule has 0 saturated carbocycles. The predicted molar refractivity (Wildman–Crippen MR) is 78.9 cm³/mol. The van der Waals surface area contributed by atoms with E-state index in [1.807, 2.05) is 26.1 Å². The molecule has 2 rings (SSSR count). The van der Waals surface area contributed by atoms with E-state index in [1.54, 1.807) is 11.0 Å². The number of carbonyl (C=O) groups is 1. The number of carbonyl (C=O) groups excluding carboxylic acids is 1. The van der Waals surface area contributed by atoms with Crippen molar-refractivity contribution in [3.05, 3.63) is 23.9 Å². The fourth-order valence-electron chi connectivity index (χ4n) is 2.43. The van der Waals surface area contributed by atoms with Crippen molar-refractivity contribution in [2.45, 2.75) is 19.8 Å². The number of pyridine rings is 1. The summed E-state index contributed by atoms with van der Waals surface area (Å²) < 4.78 is 5.34. The minimum Gasteiger partial charge on any atom is -0.381 e. The van der Waals surface area contributed by atoms with Crippen LogP contribution in [0.3, 0.4) is 0 Å². The Morgan fingerprint density at radius 3 is 2.90 bits per heavy atom. The number of hydrogen-bond donors (Lipinski definition) is 1. The molecule has 0 atom stereocenters. The number of nitrogens with zero attached hydrogens (tertiary/aromatic N) is 2. The van der Waals surface area contributed by atoms with Gasteiger partial charge in [0, 0.05) is 33.4 Å². The van der Waals surface area contributed by atoms with Crippen molar-refractivity contribution in [2.75, 3.05) is 38.7 Å². The lowest BCUT2D eigenvalue weighted by atomic mass is 10.00. The maximum Gasteiger partial charge on any atom is 0.272 e. The standard InChI is InChI=1S/C15H23N3O2/c1-3-16-14-6-4-5-13(17-14)15(19)18(2)11-12-7-9-20-10-8-12/h4-6,12H,3,7-11H2,1-2H3,(H,16,17). The van der Waals surface area contributed by atoms with Crippen molar-refractivity contribution < 1.29 is 9.53 Å². The summed E-state index contributed by atoms with van der Waals surface area (Å²) in [7, 11) is 1.85. The van der Waals surface area contributed by atoms with Gasteiger partial charge < -0.3 is 15.0 Å². The summed E-state index contributed by atoms with van der Waals surface area (Å²) in [6, 6.07) is 5.50. The monoisotopic (exact) mass is 277 g/mol. The fraction of sp³-hybridized carbons (Fsp3) is 0.600. The average molecular weight is 277 g/mol. The molecule has 1 aliphatic rings. The van der Waals surface area contributed by atoms with Gasteiger partial charge in [-0.15, -0.1) is 0 Å². The smallest absolute Gasteiger partial charge is 0.272 e. The summed E-state index contributed by atoms with van der Waals surface area (Å²) in [5.41, 5.74) is 0.498. The molecule has 1 fully saturated rings. The molecule has 0 aromatic carbocycles. The van der Waals surface area contributed by atoms with E-state index in [1.165, 1.54) is 0 Å². The fourth-order valence-corrected chi connectivity index (χ4v) is 2.43. The Hall–Kier alpha value is -1.62. The Labute approximate surface area is 120 Å². The molecule has 20 heavy (non-hydrogen) atoms. The lowest BCUT2D eigenvalue weighted by molar-refractivity contribution is 0.0495. The van der Waals surface area contributed by atoms with Crippen LogP contribution in [0, 0.1) is 5.92 Å². The Balaban J connectivity index is 1.96. The SMILES string of the molecule is CCNc1cccc(C(=O)N(C)CC2CCOCC2)n1. The van der Waals surface area contributed by atoms with Gasteiger partial charge in [-0.1, -0.05) is 6.07 Å². The maximum absolute atomic E-state index is 12.4. The number of nitrogens with one attached hydrogen (secondary N) is 1. The molecular formula is C15H23N3O2. The molecular weight excluding hydrogens is 254 g/mol. The van der Waals surface area contributed by atoms with E-state index < -0.39 is 0 Å². The van der Waals surface area contributed by atoms with Gasteiger partial charge in [0.2, 0.25) is 0 Å². The second-order valence-corrected chi connectivity index (χ2v) is 5.18. The number of aromatic nitrogens is 1. The van der Waals surface area contributed by atoms with E-state index in [4.69, 9.17) is 4.74 Å². The van der Waals surface area contributed by atoms with E-state index in [9.17, 15) is 4.79 Å². The number of hydrogen-bond acceptors (Lipinski definition) is 4. The summed E-state index contributed by atoms with van der Waals surface area (Å²) in [4.78, 5) is 18.5. The third-order valence-electron chi connectivity index (χ3n) is 3.55. The predicted octanol–water partition coefficient (Wildman–Crippen LogP) is 2.01. The Morgan fingerprint density at radius 2 is 2.20 bits per heavy atom. The van der Waals surface area contributed by atoms with E-state index in [0.29, 0.717) is 11.6 Å². The van der Waals surface area contributed by atoms with Crippen LogP contribution in [0.2, 0.25) is 0 Å².